The minimum atomic E-state index is -0.746. The molecule has 0 unspecified atom stereocenters. The Kier molecular flexibility index (Phi) is 5.62. The van der Waals surface area contributed by atoms with E-state index in [4.69, 9.17) is 0 Å². The van der Waals surface area contributed by atoms with Crippen LogP contribution < -0.4 is 15.5 Å². The number of halogens is 2. The Balaban J connectivity index is 1.49. The molecule has 0 bridgehead atoms. The van der Waals surface area contributed by atoms with E-state index in [1.54, 1.807) is 41.1 Å². The Morgan fingerprint density at radius 3 is 2.77 bits per heavy atom. The predicted octanol–water partition coefficient (Wildman–Crippen LogP) is 4.76. The van der Waals surface area contributed by atoms with Crippen LogP contribution in [0.3, 0.4) is 0 Å². The number of urea groups is 1. The fourth-order valence-corrected chi connectivity index (χ4v) is 3.91. The molecule has 2 aromatic carbocycles. The molecule has 2 heterocycles. The average Bonchev–Trinajstić information content (AvgIpc) is 2.76. The number of fused-ring (bicyclic) bond motifs is 1. The largest absolute Gasteiger partial charge is 0.326 e. The van der Waals surface area contributed by atoms with E-state index in [1.807, 2.05) is 6.07 Å². The number of amides is 3. The highest BCUT2D eigenvalue weighted by molar-refractivity contribution is 7.99. The lowest BCUT2D eigenvalue weighted by Gasteiger charge is -2.28. The number of rotatable bonds is 3. The Morgan fingerprint density at radius 1 is 1.03 bits per heavy atom. The van der Waals surface area contributed by atoms with Gasteiger partial charge in [0.15, 0.2) is 0 Å². The molecule has 1 aromatic heterocycles. The minimum absolute atomic E-state index is 0.188. The third kappa shape index (κ3) is 4.25. The number of hydrogen-bond donors (Lipinski definition) is 2. The molecule has 0 aliphatic carbocycles. The number of thioether (sulfide) groups is 1. The molecule has 0 atom stereocenters. The number of nitrogens with zero attached hydrogens (tertiary/aromatic N) is 2. The van der Waals surface area contributed by atoms with Crippen molar-refractivity contribution in [3.8, 4) is 0 Å². The summed E-state index contributed by atoms with van der Waals surface area (Å²) in [6.45, 7) is 0.522. The van der Waals surface area contributed by atoms with E-state index >= 15 is 0 Å². The van der Waals surface area contributed by atoms with Crippen molar-refractivity contribution in [1.29, 1.82) is 0 Å². The highest BCUT2D eigenvalue weighted by Gasteiger charge is 2.24. The maximum atomic E-state index is 13.8. The summed E-state index contributed by atoms with van der Waals surface area (Å²) in [5, 5.41) is 5.89. The number of carbonyl (C=O) groups is 2. The Labute approximate surface area is 175 Å². The van der Waals surface area contributed by atoms with Crippen LogP contribution >= 0.6 is 11.8 Å². The molecule has 4 rings (SSSR count). The van der Waals surface area contributed by atoms with Gasteiger partial charge < -0.3 is 10.6 Å². The van der Waals surface area contributed by atoms with Crippen LogP contribution in [0.1, 0.15) is 10.4 Å². The van der Waals surface area contributed by atoms with E-state index in [9.17, 15) is 18.4 Å². The van der Waals surface area contributed by atoms with Gasteiger partial charge in [0.2, 0.25) is 0 Å². The number of hydrogen-bond acceptors (Lipinski definition) is 4. The maximum absolute atomic E-state index is 13.8. The quantitative estimate of drug-likeness (QED) is 0.634. The third-order valence-corrected chi connectivity index (χ3v) is 5.37. The number of pyridine rings is 1. The molecule has 0 saturated heterocycles. The molecule has 2 N–H and O–H groups in total. The van der Waals surface area contributed by atoms with Crippen LogP contribution in [0, 0.1) is 11.6 Å². The molecule has 0 fully saturated rings. The molecule has 3 amide bonds. The summed E-state index contributed by atoms with van der Waals surface area (Å²) < 4.78 is 27.1. The Morgan fingerprint density at radius 2 is 1.90 bits per heavy atom. The van der Waals surface area contributed by atoms with Crippen molar-refractivity contribution in [3.05, 3.63) is 78.0 Å². The first-order valence-corrected chi connectivity index (χ1v) is 10.0. The zero-order chi connectivity index (χ0) is 21.1. The highest BCUT2D eigenvalue weighted by atomic mass is 32.2. The number of anilines is 3. The summed E-state index contributed by atoms with van der Waals surface area (Å²) in [5.41, 5.74) is 1.05. The molecule has 0 spiro atoms. The van der Waals surface area contributed by atoms with Gasteiger partial charge in [-0.25, -0.2) is 18.6 Å². The SMILES string of the molecule is O=C(Nc1cc(F)ccc1F)c1cccc(NC(=O)N2CCSc3ncccc32)c1. The zero-order valence-electron chi connectivity index (χ0n) is 15.6. The molecule has 0 saturated carbocycles. The monoisotopic (exact) mass is 426 g/mol. The Hall–Kier alpha value is -3.46. The van der Waals surface area contributed by atoms with E-state index in [1.165, 1.54) is 12.1 Å². The van der Waals surface area contributed by atoms with Gasteiger partial charge >= 0.3 is 6.03 Å². The lowest BCUT2D eigenvalue weighted by Crippen LogP contribution is -2.38. The second-order valence-electron chi connectivity index (χ2n) is 6.42. The summed E-state index contributed by atoms with van der Waals surface area (Å²) in [7, 11) is 0. The van der Waals surface area contributed by atoms with Crippen molar-refractivity contribution in [1.82, 2.24) is 4.98 Å². The van der Waals surface area contributed by atoms with Gasteiger partial charge in [-0.1, -0.05) is 6.07 Å². The molecular weight excluding hydrogens is 410 g/mol. The summed E-state index contributed by atoms with van der Waals surface area (Å²) in [6, 6.07) is 12.3. The zero-order valence-corrected chi connectivity index (χ0v) is 16.4. The lowest BCUT2D eigenvalue weighted by molar-refractivity contribution is 0.102. The van der Waals surface area contributed by atoms with Crippen LogP contribution in [-0.4, -0.2) is 29.2 Å². The summed E-state index contributed by atoms with van der Waals surface area (Å²) in [4.78, 5) is 31.1. The van der Waals surface area contributed by atoms with Gasteiger partial charge in [0.1, 0.15) is 16.7 Å². The predicted molar refractivity (Wildman–Crippen MR) is 112 cm³/mol. The van der Waals surface area contributed by atoms with E-state index < -0.39 is 17.5 Å². The maximum Gasteiger partial charge on any atom is 0.326 e. The van der Waals surface area contributed by atoms with Crippen LogP contribution in [-0.2, 0) is 0 Å². The van der Waals surface area contributed by atoms with E-state index in [2.05, 4.69) is 15.6 Å². The minimum Gasteiger partial charge on any atom is -0.319 e. The van der Waals surface area contributed by atoms with Crippen molar-refractivity contribution < 1.29 is 18.4 Å². The number of aromatic nitrogens is 1. The van der Waals surface area contributed by atoms with Crippen molar-refractivity contribution in [2.75, 3.05) is 27.8 Å². The standard InChI is InChI=1S/C21H16F2N4O2S/c22-14-6-7-16(23)17(12-14)26-19(28)13-3-1-4-15(11-13)25-21(29)27-9-10-30-20-18(27)5-2-8-24-20/h1-8,11-12H,9-10H2,(H,25,29)(H,26,28). The molecule has 1 aliphatic rings. The van der Waals surface area contributed by atoms with Crippen LogP contribution in [0.25, 0.3) is 0 Å². The topological polar surface area (TPSA) is 74.3 Å². The van der Waals surface area contributed by atoms with Crippen LogP contribution in [0.4, 0.5) is 30.6 Å². The Bertz CT molecular complexity index is 1130. The highest BCUT2D eigenvalue weighted by Crippen LogP contribution is 2.32. The van der Waals surface area contributed by atoms with Crippen molar-refractivity contribution in [2.24, 2.45) is 0 Å². The van der Waals surface area contributed by atoms with Gasteiger partial charge in [0.05, 0.1) is 11.4 Å². The second-order valence-corrected chi connectivity index (χ2v) is 7.50. The first-order valence-electron chi connectivity index (χ1n) is 9.04. The molecule has 1 aliphatic heterocycles. The van der Waals surface area contributed by atoms with Gasteiger partial charge in [0.25, 0.3) is 5.91 Å². The van der Waals surface area contributed by atoms with E-state index in [0.717, 1.165) is 34.7 Å². The molecule has 152 valence electrons. The third-order valence-electron chi connectivity index (χ3n) is 4.39. The number of carbonyl (C=O) groups excluding carboxylic acids is 2. The van der Waals surface area contributed by atoms with Crippen LogP contribution in [0.5, 0.6) is 0 Å². The van der Waals surface area contributed by atoms with Crippen LogP contribution in [0.2, 0.25) is 0 Å². The molecule has 3 aromatic rings. The van der Waals surface area contributed by atoms with Gasteiger partial charge in [-0.2, -0.15) is 0 Å². The summed E-state index contributed by atoms with van der Waals surface area (Å²) in [6.07, 6.45) is 1.68. The summed E-state index contributed by atoms with van der Waals surface area (Å²) >= 11 is 1.58. The smallest absolute Gasteiger partial charge is 0.319 e. The molecule has 30 heavy (non-hydrogen) atoms. The second kappa shape index (κ2) is 8.50. The molecule has 9 heteroatoms. The first-order chi connectivity index (χ1) is 14.5. The fourth-order valence-electron chi connectivity index (χ4n) is 2.98. The van der Waals surface area contributed by atoms with E-state index in [0.29, 0.717) is 12.2 Å². The van der Waals surface area contributed by atoms with Crippen LogP contribution in [0.15, 0.2) is 65.8 Å². The van der Waals surface area contributed by atoms with Gasteiger partial charge in [-0.05, 0) is 42.5 Å². The summed E-state index contributed by atoms with van der Waals surface area (Å²) in [5.74, 6) is -1.31. The average molecular weight is 426 g/mol. The first kappa shape index (κ1) is 19.8. The molecular formula is C21H16F2N4O2S. The van der Waals surface area contributed by atoms with Crippen molar-refractivity contribution in [2.45, 2.75) is 5.03 Å². The van der Waals surface area contributed by atoms with Crippen molar-refractivity contribution in [3.63, 3.8) is 0 Å². The number of nitrogens with one attached hydrogen (secondary N) is 2. The van der Waals surface area contributed by atoms with E-state index in [-0.39, 0.29) is 17.3 Å². The fraction of sp³-hybridized carbons (Fsp3) is 0.0952. The van der Waals surface area contributed by atoms with Crippen molar-refractivity contribution >= 4 is 40.8 Å². The number of benzene rings is 2. The normalized spacial score (nSPS) is 12.8. The molecule has 0 radical (unpaired) electrons. The lowest BCUT2D eigenvalue weighted by atomic mass is 10.1. The van der Waals surface area contributed by atoms with Gasteiger partial charge in [0, 0.05) is 35.8 Å². The molecule has 6 nitrogen and oxygen atoms in total. The van der Waals surface area contributed by atoms with Gasteiger partial charge in [-0.15, -0.1) is 11.8 Å². The van der Waals surface area contributed by atoms with Gasteiger partial charge in [-0.3, -0.25) is 9.69 Å².